The molecule has 0 amide bonds. The third-order valence-electron chi connectivity index (χ3n) is 3.39. The van der Waals surface area contributed by atoms with E-state index in [0.717, 1.165) is 18.7 Å². The molecule has 0 spiro atoms. The summed E-state index contributed by atoms with van der Waals surface area (Å²) >= 11 is 0. The van der Waals surface area contributed by atoms with Gasteiger partial charge in [-0.2, -0.15) is 0 Å². The van der Waals surface area contributed by atoms with Gasteiger partial charge in [-0.3, -0.25) is 0 Å². The number of hydrogen-bond donors (Lipinski definition) is 1. The Bertz CT molecular complexity index is 303. The van der Waals surface area contributed by atoms with E-state index in [0.29, 0.717) is 12.0 Å². The highest BCUT2D eigenvalue weighted by atomic mass is 15.1. The van der Waals surface area contributed by atoms with Crippen LogP contribution in [0.3, 0.4) is 0 Å². The third-order valence-corrected chi connectivity index (χ3v) is 3.39. The summed E-state index contributed by atoms with van der Waals surface area (Å²) in [7, 11) is 2.20. The third kappa shape index (κ3) is 3.86. The number of nitrogens with two attached hydrogens (primary N) is 1. The minimum Gasteiger partial charge on any atom is -0.399 e. The number of benzene rings is 1. The van der Waals surface area contributed by atoms with Crippen molar-refractivity contribution >= 4 is 5.69 Å². The second-order valence-electron chi connectivity index (χ2n) is 4.96. The van der Waals surface area contributed by atoms with Crippen molar-refractivity contribution in [2.75, 3.05) is 19.3 Å². The van der Waals surface area contributed by atoms with Gasteiger partial charge in [-0.05, 0) is 44.0 Å². The summed E-state index contributed by atoms with van der Waals surface area (Å²) in [4.78, 5) is 2.42. The van der Waals surface area contributed by atoms with Gasteiger partial charge in [0.1, 0.15) is 0 Å². The van der Waals surface area contributed by atoms with Crippen molar-refractivity contribution < 1.29 is 0 Å². The molecule has 1 unspecified atom stereocenters. The van der Waals surface area contributed by atoms with Crippen LogP contribution in [0.15, 0.2) is 24.3 Å². The second kappa shape index (κ2) is 5.90. The van der Waals surface area contributed by atoms with Crippen LogP contribution in [-0.2, 0) is 6.42 Å². The van der Waals surface area contributed by atoms with Gasteiger partial charge in [0.25, 0.3) is 0 Å². The topological polar surface area (TPSA) is 29.3 Å². The van der Waals surface area contributed by atoms with Gasteiger partial charge < -0.3 is 10.6 Å². The van der Waals surface area contributed by atoms with Gasteiger partial charge in [0.15, 0.2) is 0 Å². The maximum Gasteiger partial charge on any atom is 0.0314 e. The quantitative estimate of drug-likeness (QED) is 0.773. The predicted molar refractivity (Wildman–Crippen MR) is 71.5 cm³/mol. The van der Waals surface area contributed by atoms with Gasteiger partial charge in [0.05, 0.1) is 0 Å². The molecule has 0 radical (unpaired) electrons. The van der Waals surface area contributed by atoms with E-state index >= 15 is 0 Å². The average molecular weight is 220 g/mol. The van der Waals surface area contributed by atoms with Crippen molar-refractivity contribution in [3.05, 3.63) is 29.8 Å². The first-order chi connectivity index (χ1) is 7.50. The molecule has 0 aliphatic carbocycles. The highest BCUT2D eigenvalue weighted by molar-refractivity contribution is 5.39. The van der Waals surface area contributed by atoms with Crippen LogP contribution in [0.4, 0.5) is 5.69 Å². The van der Waals surface area contributed by atoms with Gasteiger partial charge in [-0.15, -0.1) is 0 Å². The Balaban J connectivity index is 2.42. The predicted octanol–water partition coefficient (Wildman–Crippen LogP) is 2.79. The van der Waals surface area contributed by atoms with E-state index < -0.39 is 0 Å². The molecule has 0 aromatic heterocycles. The Morgan fingerprint density at radius 1 is 1.12 bits per heavy atom. The van der Waals surface area contributed by atoms with Crippen LogP contribution in [0.25, 0.3) is 0 Å². The molecule has 2 heteroatoms. The first-order valence-electron chi connectivity index (χ1n) is 6.05. The van der Waals surface area contributed by atoms with Crippen molar-refractivity contribution in [3.63, 3.8) is 0 Å². The molecule has 2 N–H and O–H groups in total. The lowest BCUT2D eigenvalue weighted by Crippen LogP contribution is -2.34. The minimum atomic E-state index is 0.633. The lowest BCUT2D eigenvalue weighted by atomic mass is 10.0. The normalized spacial score (nSPS) is 13.4. The van der Waals surface area contributed by atoms with Crippen LogP contribution in [-0.4, -0.2) is 24.5 Å². The maximum atomic E-state index is 5.66. The fourth-order valence-electron chi connectivity index (χ4n) is 1.70. The van der Waals surface area contributed by atoms with E-state index in [9.17, 15) is 0 Å². The van der Waals surface area contributed by atoms with Crippen molar-refractivity contribution in [2.45, 2.75) is 33.2 Å². The van der Waals surface area contributed by atoms with Crippen LogP contribution in [0, 0.1) is 5.92 Å². The summed E-state index contributed by atoms with van der Waals surface area (Å²) in [5.74, 6) is 0.705. The van der Waals surface area contributed by atoms with E-state index in [1.54, 1.807) is 0 Å². The molecule has 0 aliphatic heterocycles. The summed E-state index contributed by atoms with van der Waals surface area (Å²) in [6, 6.07) is 8.81. The van der Waals surface area contributed by atoms with E-state index in [1.807, 2.05) is 12.1 Å². The number of anilines is 1. The standard InChI is InChI=1S/C14H24N2/c1-11(2)12(3)16(4)10-9-13-5-7-14(15)8-6-13/h5-8,11-12H,9-10,15H2,1-4H3. The Labute approximate surface area is 99.5 Å². The zero-order chi connectivity index (χ0) is 12.1. The Morgan fingerprint density at radius 3 is 2.19 bits per heavy atom. The molecule has 16 heavy (non-hydrogen) atoms. The molecule has 1 rings (SSSR count). The lowest BCUT2D eigenvalue weighted by molar-refractivity contribution is 0.210. The smallest absolute Gasteiger partial charge is 0.0314 e. The van der Waals surface area contributed by atoms with Crippen molar-refractivity contribution in [2.24, 2.45) is 5.92 Å². The fourth-order valence-corrected chi connectivity index (χ4v) is 1.70. The molecule has 0 saturated heterocycles. The summed E-state index contributed by atoms with van der Waals surface area (Å²) in [5.41, 5.74) is 7.86. The van der Waals surface area contributed by atoms with Gasteiger partial charge >= 0.3 is 0 Å². The summed E-state index contributed by atoms with van der Waals surface area (Å²) in [6.45, 7) is 7.92. The second-order valence-corrected chi connectivity index (χ2v) is 4.96. The number of likely N-dealkylation sites (N-methyl/N-ethyl adjacent to an activating group) is 1. The van der Waals surface area contributed by atoms with Gasteiger partial charge in [-0.1, -0.05) is 26.0 Å². The molecule has 0 bridgehead atoms. The van der Waals surface area contributed by atoms with E-state index in [1.165, 1.54) is 5.56 Å². The highest BCUT2D eigenvalue weighted by Crippen LogP contribution is 2.10. The number of hydrogen-bond acceptors (Lipinski definition) is 2. The molecule has 90 valence electrons. The number of nitrogen functional groups attached to an aromatic ring is 1. The SMILES string of the molecule is CC(C)C(C)N(C)CCc1ccc(N)cc1. The Hall–Kier alpha value is -1.02. The summed E-state index contributed by atoms with van der Waals surface area (Å²) in [6.07, 6.45) is 1.09. The molecule has 0 heterocycles. The monoisotopic (exact) mass is 220 g/mol. The largest absolute Gasteiger partial charge is 0.399 e. The summed E-state index contributed by atoms with van der Waals surface area (Å²) in [5, 5.41) is 0. The zero-order valence-electron chi connectivity index (χ0n) is 10.9. The fraction of sp³-hybridized carbons (Fsp3) is 0.571. The number of nitrogens with zero attached hydrogens (tertiary/aromatic N) is 1. The van der Waals surface area contributed by atoms with Crippen LogP contribution in [0.2, 0.25) is 0 Å². The van der Waals surface area contributed by atoms with Crippen LogP contribution in [0.5, 0.6) is 0 Å². The van der Waals surface area contributed by atoms with Crippen molar-refractivity contribution in [1.29, 1.82) is 0 Å². The molecule has 0 aliphatic rings. The zero-order valence-corrected chi connectivity index (χ0v) is 10.9. The highest BCUT2D eigenvalue weighted by Gasteiger charge is 2.12. The molecule has 1 aromatic rings. The van der Waals surface area contributed by atoms with E-state index in [-0.39, 0.29) is 0 Å². The molecule has 1 aromatic carbocycles. The van der Waals surface area contributed by atoms with Gasteiger partial charge in [0, 0.05) is 18.3 Å². The van der Waals surface area contributed by atoms with Crippen LogP contribution in [0.1, 0.15) is 26.3 Å². The first kappa shape index (κ1) is 13.0. The van der Waals surface area contributed by atoms with Crippen LogP contribution < -0.4 is 5.73 Å². The van der Waals surface area contributed by atoms with Crippen molar-refractivity contribution in [3.8, 4) is 0 Å². The number of rotatable bonds is 5. The Morgan fingerprint density at radius 2 is 1.69 bits per heavy atom. The minimum absolute atomic E-state index is 0.633. The van der Waals surface area contributed by atoms with Crippen LogP contribution >= 0.6 is 0 Å². The molecular weight excluding hydrogens is 196 g/mol. The summed E-state index contributed by atoms with van der Waals surface area (Å²) < 4.78 is 0. The lowest BCUT2D eigenvalue weighted by Gasteiger charge is -2.27. The Kier molecular flexibility index (Phi) is 4.81. The molecule has 0 fully saturated rings. The van der Waals surface area contributed by atoms with Gasteiger partial charge in [0.2, 0.25) is 0 Å². The molecule has 2 nitrogen and oxygen atoms in total. The molecular formula is C14H24N2. The average Bonchev–Trinajstić information content (AvgIpc) is 2.26. The van der Waals surface area contributed by atoms with E-state index in [2.05, 4.69) is 44.9 Å². The van der Waals surface area contributed by atoms with E-state index in [4.69, 9.17) is 5.73 Å². The maximum absolute atomic E-state index is 5.66. The molecule has 1 atom stereocenters. The first-order valence-corrected chi connectivity index (χ1v) is 6.05. The van der Waals surface area contributed by atoms with Crippen molar-refractivity contribution in [1.82, 2.24) is 4.90 Å². The molecule has 0 saturated carbocycles. The van der Waals surface area contributed by atoms with Gasteiger partial charge in [-0.25, -0.2) is 0 Å².